The van der Waals surface area contributed by atoms with Crippen molar-refractivity contribution in [3.05, 3.63) is 22.7 Å². The summed E-state index contributed by atoms with van der Waals surface area (Å²) in [5, 5.41) is 0.306. The summed E-state index contributed by atoms with van der Waals surface area (Å²) < 4.78 is 4.65. The van der Waals surface area contributed by atoms with Crippen LogP contribution in [0.25, 0.3) is 0 Å². The number of rotatable bonds is 2. The lowest BCUT2D eigenvalue weighted by molar-refractivity contribution is 0.0593. The molecule has 1 aromatic rings. The lowest BCUT2D eigenvalue weighted by Gasteiger charge is -2.20. The van der Waals surface area contributed by atoms with Gasteiger partial charge in [0.1, 0.15) is 11.0 Å². The Bertz CT molecular complexity index is 417. The third-order valence-electron chi connectivity index (χ3n) is 3.08. The van der Waals surface area contributed by atoms with Crippen LogP contribution >= 0.6 is 11.6 Å². The van der Waals surface area contributed by atoms with Gasteiger partial charge in [0.05, 0.1) is 7.11 Å². The number of aromatic nitrogens is 2. The fourth-order valence-electron chi connectivity index (χ4n) is 2.19. The lowest BCUT2D eigenvalue weighted by atomic mass is 9.88. The SMILES string of the molecule is COC(=O)c1cc(Cl)nc(C2CCCCC2)n1. The molecule has 1 saturated carbocycles. The van der Waals surface area contributed by atoms with Gasteiger partial charge in [0, 0.05) is 12.0 Å². The fourth-order valence-corrected chi connectivity index (χ4v) is 2.38. The molecule has 0 atom stereocenters. The van der Waals surface area contributed by atoms with Gasteiger partial charge in [-0.2, -0.15) is 0 Å². The smallest absolute Gasteiger partial charge is 0.356 e. The molecule has 0 bridgehead atoms. The molecule has 0 N–H and O–H groups in total. The van der Waals surface area contributed by atoms with Crippen LogP contribution in [0, 0.1) is 0 Å². The van der Waals surface area contributed by atoms with Crippen LogP contribution in [0.4, 0.5) is 0 Å². The highest BCUT2D eigenvalue weighted by molar-refractivity contribution is 6.29. The Morgan fingerprint density at radius 1 is 1.35 bits per heavy atom. The monoisotopic (exact) mass is 254 g/mol. The first-order valence-electron chi connectivity index (χ1n) is 5.83. The number of esters is 1. The summed E-state index contributed by atoms with van der Waals surface area (Å²) in [6, 6.07) is 1.44. The molecular weight excluding hydrogens is 240 g/mol. The molecule has 0 aromatic carbocycles. The van der Waals surface area contributed by atoms with Crippen LogP contribution in [0.1, 0.15) is 54.3 Å². The summed E-state index contributed by atoms with van der Waals surface area (Å²) in [5.41, 5.74) is 0.244. The molecule has 1 aliphatic carbocycles. The summed E-state index contributed by atoms with van der Waals surface area (Å²) >= 11 is 5.91. The van der Waals surface area contributed by atoms with E-state index in [1.807, 2.05) is 0 Å². The van der Waals surface area contributed by atoms with Gasteiger partial charge in [-0.1, -0.05) is 30.9 Å². The zero-order chi connectivity index (χ0) is 12.3. The van der Waals surface area contributed by atoms with Gasteiger partial charge in [-0.15, -0.1) is 0 Å². The van der Waals surface area contributed by atoms with Gasteiger partial charge >= 0.3 is 5.97 Å². The first-order valence-corrected chi connectivity index (χ1v) is 6.21. The average Bonchev–Trinajstić information content (AvgIpc) is 2.38. The topological polar surface area (TPSA) is 52.1 Å². The number of carbonyl (C=O) groups is 1. The van der Waals surface area contributed by atoms with Crippen molar-refractivity contribution in [2.24, 2.45) is 0 Å². The van der Waals surface area contributed by atoms with Crippen LogP contribution < -0.4 is 0 Å². The maximum atomic E-state index is 11.4. The minimum atomic E-state index is -0.466. The molecule has 0 radical (unpaired) electrons. The van der Waals surface area contributed by atoms with E-state index in [2.05, 4.69) is 14.7 Å². The summed E-state index contributed by atoms with van der Waals surface area (Å²) in [7, 11) is 1.33. The number of hydrogen-bond acceptors (Lipinski definition) is 4. The molecule has 0 unspecified atom stereocenters. The van der Waals surface area contributed by atoms with Crippen molar-refractivity contribution in [3.8, 4) is 0 Å². The summed E-state index contributed by atoms with van der Waals surface area (Å²) in [5.74, 6) is 0.537. The molecular formula is C12H15ClN2O2. The molecule has 1 aromatic heterocycles. The van der Waals surface area contributed by atoms with Gasteiger partial charge < -0.3 is 4.74 Å². The molecule has 1 fully saturated rings. The Labute approximate surface area is 105 Å². The van der Waals surface area contributed by atoms with Gasteiger partial charge in [0.15, 0.2) is 5.69 Å². The standard InChI is InChI=1S/C12H15ClN2O2/c1-17-12(16)9-7-10(13)15-11(14-9)8-5-3-2-4-6-8/h7-8H,2-6H2,1H3. The van der Waals surface area contributed by atoms with Crippen LogP contribution in [0.15, 0.2) is 6.07 Å². The number of halogens is 1. The van der Waals surface area contributed by atoms with Gasteiger partial charge in [-0.05, 0) is 12.8 Å². The maximum Gasteiger partial charge on any atom is 0.356 e. The van der Waals surface area contributed by atoms with Crippen LogP contribution in [-0.4, -0.2) is 23.0 Å². The highest BCUT2D eigenvalue weighted by Gasteiger charge is 2.20. The third kappa shape index (κ3) is 2.94. The lowest BCUT2D eigenvalue weighted by Crippen LogP contribution is -2.13. The Hall–Kier alpha value is -1.16. The first-order chi connectivity index (χ1) is 8.20. The quantitative estimate of drug-likeness (QED) is 0.601. The molecule has 4 nitrogen and oxygen atoms in total. The zero-order valence-electron chi connectivity index (χ0n) is 9.78. The molecule has 1 aliphatic rings. The molecule has 0 spiro atoms. The highest BCUT2D eigenvalue weighted by Crippen LogP contribution is 2.31. The number of hydrogen-bond donors (Lipinski definition) is 0. The van der Waals surface area contributed by atoms with Gasteiger partial charge in [-0.25, -0.2) is 14.8 Å². The maximum absolute atomic E-state index is 11.4. The minimum Gasteiger partial charge on any atom is -0.464 e. The van der Waals surface area contributed by atoms with Gasteiger partial charge in [0.2, 0.25) is 0 Å². The van der Waals surface area contributed by atoms with Crippen LogP contribution in [0.5, 0.6) is 0 Å². The van der Waals surface area contributed by atoms with Crippen LogP contribution in [0.3, 0.4) is 0 Å². The fraction of sp³-hybridized carbons (Fsp3) is 0.583. The number of ether oxygens (including phenoxy) is 1. The van der Waals surface area contributed by atoms with E-state index in [-0.39, 0.29) is 5.69 Å². The first kappa shape index (κ1) is 12.3. The normalized spacial score (nSPS) is 16.8. The molecule has 0 saturated heterocycles. The Morgan fingerprint density at radius 3 is 2.71 bits per heavy atom. The van der Waals surface area contributed by atoms with Crippen molar-refractivity contribution in [3.63, 3.8) is 0 Å². The van der Waals surface area contributed by atoms with Crippen molar-refractivity contribution >= 4 is 17.6 Å². The van der Waals surface area contributed by atoms with E-state index >= 15 is 0 Å². The van der Waals surface area contributed by atoms with E-state index in [4.69, 9.17) is 11.6 Å². The Balaban J connectivity index is 2.27. The third-order valence-corrected chi connectivity index (χ3v) is 3.27. The molecule has 1 heterocycles. The molecule has 0 aliphatic heterocycles. The Kier molecular flexibility index (Phi) is 3.94. The van der Waals surface area contributed by atoms with Crippen molar-refractivity contribution < 1.29 is 9.53 Å². The van der Waals surface area contributed by atoms with Crippen molar-refractivity contribution in [2.75, 3.05) is 7.11 Å². The van der Waals surface area contributed by atoms with Gasteiger partial charge in [-0.3, -0.25) is 0 Å². The summed E-state index contributed by atoms with van der Waals surface area (Å²) in [6.45, 7) is 0. The second kappa shape index (κ2) is 5.45. The van der Waals surface area contributed by atoms with Gasteiger partial charge in [0.25, 0.3) is 0 Å². The molecule has 5 heteroatoms. The second-order valence-corrected chi connectivity index (χ2v) is 4.65. The van der Waals surface area contributed by atoms with Crippen LogP contribution in [0.2, 0.25) is 5.15 Å². The van der Waals surface area contributed by atoms with E-state index in [1.54, 1.807) is 0 Å². The zero-order valence-corrected chi connectivity index (χ0v) is 10.5. The van der Waals surface area contributed by atoms with E-state index < -0.39 is 5.97 Å². The summed E-state index contributed by atoms with van der Waals surface area (Å²) in [6.07, 6.45) is 5.78. The van der Waals surface area contributed by atoms with E-state index in [0.717, 1.165) is 12.8 Å². The van der Waals surface area contributed by atoms with E-state index in [9.17, 15) is 4.79 Å². The second-order valence-electron chi connectivity index (χ2n) is 4.26. The van der Waals surface area contributed by atoms with Crippen LogP contribution in [-0.2, 0) is 4.74 Å². The molecule has 92 valence electrons. The molecule has 17 heavy (non-hydrogen) atoms. The predicted molar refractivity (Wildman–Crippen MR) is 64.2 cm³/mol. The van der Waals surface area contributed by atoms with Crippen molar-refractivity contribution in [2.45, 2.75) is 38.0 Å². The summed E-state index contributed by atoms with van der Waals surface area (Å²) in [4.78, 5) is 19.9. The number of carbonyl (C=O) groups excluding carboxylic acids is 1. The number of methoxy groups -OCH3 is 1. The van der Waals surface area contributed by atoms with Crippen molar-refractivity contribution in [1.29, 1.82) is 0 Å². The molecule has 0 amide bonds. The minimum absolute atomic E-state index is 0.244. The van der Waals surface area contributed by atoms with Crippen molar-refractivity contribution in [1.82, 2.24) is 9.97 Å². The van der Waals surface area contributed by atoms with E-state index in [0.29, 0.717) is 16.9 Å². The highest BCUT2D eigenvalue weighted by atomic mass is 35.5. The number of nitrogens with zero attached hydrogens (tertiary/aromatic N) is 2. The average molecular weight is 255 g/mol. The predicted octanol–water partition coefficient (Wildman–Crippen LogP) is 2.96. The Morgan fingerprint density at radius 2 is 2.06 bits per heavy atom. The largest absolute Gasteiger partial charge is 0.464 e. The molecule has 2 rings (SSSR count). The van der Waals surface area contributed by atoms with E-state index in [1.165, 1.54) is 32.4 Å².